The number of anilines is 1. The van der Waals surface area contributed by atoms with Crippen molar-refractivity contribution in [2.75, 3.05) is 25.2 Å². The minimum Gasteiger partial charge on any atom is -0.505 e. The van der Waals surface area contributed by atoms with Crippen LogP contribution in [0.4, 0.5) is 28.4 Å². The van der Waals surface area contributed by atoms with Crippen LogP contribution in [0.5, 0.6) is 5.75 Å². The lowest BCUT2D eigenvalue weighted by Gasteiger charge is -2.14. The molecule has 4 aromatic carbocycles. The molecule has 6 N–H and O–H groups in total. The molecule has 4 rings (SSSR count). The average Bonchev–Trinajstić information content (AvgIpc) is 3.11. The van der Waals surface area contributed by atoms with E-state index in [4.69, 9.17) is 31.7 Å². The van der Waals surface area contributed by atoms with Crippen LogP contribution in [0.3, 0.4) is 0 Å². The summed E-state index contributed by atoms with van der Waals surface area (Å²) in [6, 6.07) is 11.9. The summed E-state index contributed by atoms with van der Waals surface area (Å²) in [6.45, 7) is -0.108. The summed E-state index contributed by atoms with van der Waals surface area (Å²) >= 11 is 1.53. The van der Waals surface area contributed by atoms with Crippen LogP contribution in [-0.4, -0.2) is 56.5 Å². The second-order valence-electron chi connectivity index (χ2n) is 9.42. The lowest BCUT2D eigenvalue weighted by atomic mass is 10.1. The van der Waals surface area contributed by atoms with Crippen molar-refractivity contribution in [1.29, 1.82) is 0 Å². The maximum absolute atomic E-state index is 12.7. The van der Waals surface area contributed by atoms with Crippen molar-refractivity contribution in [2.45, 2.75) is 24.5 Å². The number of terminal acetylenes is 1. The molecule has 0 unspecified atom stereocenters. The molecule has 0 aliphatic heterocycles. The van der Waals surface area contributed by atoms with Gasteiger partial charge in [-0.3, -0.25) is 9.44 Å². The molecule has 0 bridgehead atoms. The largest absolute Gasteiger partial charge is 0.505 e. The summed E-state index contributed by atoms with van der Waals surface area (Å²) in [4.78, 5) is 3.73. The quantitative estimate of drug-likeness (QED) is 0.00984. The maximum atomic E-state index is 12.7. The Hall–Kier alpha value is -4.11. The highest BCUT2D eigenvalue weighted by molar-refractivity contribution is 7.95. The number of fused-ring (bicyclic) bond motifs is 1. The molecule has 0 saturated heterocycles. The topological polar surface area (TPSA) is 289 Å². The fraction of sp³-hybridized carbons (Fsp3) is 0.111. The first-order valence-electron chi connectivity index (χ1n) is 13.5. The summed E-state index contributed by atoms with van der Waals surface area (Å²) in [5.41, 5.74) is 5.30. The number of rotatable bonds is 18. The van der Waals surface area contributed by atoms with Crippen molar-refractivity contribution in [1.82, 2.24) is 0 Å². The summed E-state index contributed by atoms with van der Waals surface area (Å²) in [7, 11) is -7.66. The number of nitrogen functional groups attached to an aromatic ring is 1. The monoisotopic (exact) mass is 817 g/mol. The third kappa shape index (κ3) is 10.3. The van der Waals surface area contributed by atoms with Crippen LogP contribution in [0.25, 0.3) is 10.8 Å². The van der Waals surface area contributed by atoms with Gasteiger partial charge in [-0.25, -0.2) is 18.9 Å². The predicted molar refractivity (Wildman–Crippen MR) is 183 cm³/mol. The molecular weight excluding hydrogens is 795 g/mol. The van der Waals surface area contributed by atoms with Crippen molar-refractivity contribution in [3.8, 4) is 18.3 Å². The van der Waals surface area contributed by atoms with Gasteiger partial charge in [0, 0.05) is 12.0 Å². The molecular formula is C27H23N5O15S5. The number of benzene rings is 4. The van der Waals surface area contributed by atoms with Gasteiger partial charge >= 0.3 is 0 Å². The van der Waals surface area contributed by atoms with Crippen molar-refractivity contribution in [3.05, 3.63) is 54.6 Å². The molecule has 0 spiro atoms. The Morgan fingerprint density at radius 1 is 0.846 bits per heavy atom. The van der Waals surface area contributed by atoms with Gasteiger partial charge in [0.15, 0.2) is 21.7 Å². The van der Waals surface area contributed by atoms with Gasteiger partial charge in [0.1, 0.15) is 22.0 Å². The molecule has 20 nitrogen and oxygen atoms in total. The third-order valence-corrected chi connectivity index (χ3v) is 10.7. The molecule has 0 radical (unpaired) electrons. The van der Waals surface area contributed by atoms with E-state index in [1.807, 2.05) is 6.11 Å². The first kappa shape index (κ1) is 40.7. The molecule has 0 aliphatic carbocycles. The summed E-state index contributed by atoms with van der Waals surface area (Å²) < 4.78 is 79.0. The van der Waals surface area contributed by atoms with Crippen LogP contribution < -0.4 is 5.73 Å². The zero-order valence-corrected chi connectivity index (χ0v) is 30.0. The van der Waals surface area contributed by atoms with Crippen molar-refractivity contribution in [2.24, 2.45) is 20.5 Å². The van der Waals surface area contributed by atoms with E-state index in [0.29, 0.717) is 34.7 Å². The van der Waals surface area contributed by atoms with Crippen LogP contribution in [0.1, 0.15) is 0 Å². The number of azo groups is 2. The zero-order chi connectivity index (χ0) is 37.9. The Morgan fingerprint density at radius 2 is 1.52 bits per heavy atom. The first-order chi connectivity index (χ1) is 24.8. The van der Waals surface area contributed by atoms with Crippen molar-refractivity contribution >= 4 is 95.3 Å². The van der Waals surface area contributed by atoms with E-state index < -0.39 is 36.3 Å². The number of ether oxygens (including phenoxy) is 1. The number of aromatic hydroxyl groups is 1. The van der Waals surface area contributed by atoms with E-state index in [1.165, 1.54) is 19.2 Å². The number of nitrogens with zero attached hydrogens (tertiary/aromatic N) is 4. The Bertz CT molecular complexity index is 2230. The second kappa shape index (κ2) is 18.6. The van der Waals surface area contributed by atoms with Crippen LogP contribution in [-0.2, 0) is 52.7 Å². The average molecular weight is 818 g/mol. The Labute approximate surface area is 306 Å². The van der Waals surface area contributed by atoms with E-state index in [2.05, 4.69) is 44.1 Å². The number of phenolic OH excluding ortho intramolecular Hbond substituents is 1. The number of hydrogen-bond donors (Lipinski definition) is 5. The number of sulfone groups is 1. The van der Waals surface area contributed by atoms with Crippen LogP contribution >= 0.6 is 36.1 Å². The minimum absolute atomic E-state index is 0.00168. The lowest BCUT2D eigenvalue weighted by Crippen LogP contribution is -2.11. The van der Waals surface area contributed by atoms with Crippen molar-refractivity contribution < 1.29 is 69.7 Å². The molecule has 0 fully saturated rings. The van der Waals surface area contributed by atoms with E-state index in [9.17, 15) is 26.5 Å². The predicted octanol–water partition coefficient (Wildman–Crippen LogP) is 7.03. The second-order valence-corrected chi connectivity index (χ2v) is 15.2. The molecule has 0 aromatic heterocycles. The Balaban J connectivity index is 1.85. The van der Waals surface area contributed by atoms with Gasteiger partial charge in [-0.15, -0.1) is 24.0 Å². The fourth-order valence-corrected chi connectivity index (χ4v) is 7.39. The van der Waals surface area contributed by atoms with Crippen LogP contribution in [0.15, 0.2) is 99.5 Å². The number of hydrogen-bond acceptors (Lipinski definition) is 22. The maximum Gasteiger partial charge on any atom is 0.296 e. The lowest BCUT2D eigenvalue weighted by molar-refractivity contribution is -0.432. The molecule has 25 heteroatoms. The van der Waals surface area contributed by atoms with E-state index in [0.717, 1.165) is 30.2 Å². The van der Waals surface area contributed by atoms with Gasteiger partial charge in [-0.1, -0.05) is 20.8 Å². The standard InChI is InChI=1S/C27H23N5O15S5/c1-3-42-45-48-17-6-4-16(5-7-17)29-31-25-21(50-47-44-35)12-15-13-22(52(38,39)40)26(27(33)23(15)24(25)28)32-30-19-9-8-18(14-20(19)49-46-43-34)51(36,37)11-10-41-2/h1,4-9,12-14,33-35H,10-11,28H2,2H3,(H,38,39,40). The van der Waals surface area contributed by atoms with Gasteiger partial charge in [0.2, 0.25) is 0 Å². The number of methoxy groups -OCH3 is 1. The van der Waals surface area contributed by atoms with Gasteiger partial charge < -0.3 is 15.6 Å². The molecule has 52 heavy (non-hydrogen) atoms. The highest BCUT2D eigenvalue weighted by atomic mass is 32.2. The van der Waals surface area contributed by atoms with Gasteiger partial charge in [0.05, 0.1) is 79.9 Å². The summed E-state index contributed by atoms with van der Waals surface area (Å²) in [5, 5.41) is 51.8. The molecule has 276 valence electrons. The third-order valence-electron chi connectivity index (χ3n) is 6.32. The Kier molecular flexibility index (Phi) is 14.5. The molecule has 0 saturated carbocycles. The Morgan fingerprint density at radius 3 is 2.15 bits per heavy atom. The number of phenols is 1. The molecule has 0 atom stereocenters. The summed E-state index contributed by atoms with van der Waals surface area (Å²) in [5.74, 6) is -1.27. The normalized spacial score (nSPS) is 12.2. The molecule has 0 heterocycles. The van der Waals surface area contributed by atoms with E-state index >= 15 is 0 Å². The SMILES string of the molecule is C#COOSc1ccc(N=Nc2c(SOOO)cc3cc(S(=O)(=O)O)c(N=Nc4ccc(S(=O)(=O)CCOC)cc4SOOO)c(O)c3c2N)cc1. The molecule has 0 amide bonds. The fourth-order valence-electron chi connectivity index (χ4n) is 4.08. The van der Waals surface area contributed by atoms with E-state index in [1.54, 1.807) is 24.3 Å². The first-order valence-corrected chi connectivity index (χ1v) is 18.8. The zero-order valence-electron chi connectivity index (χ0n) is 25.9. The van der Waals surface area contributed by atoms with Crippen LogP contribution in [0, 0.1) is 12.5 Å². The highest BCUT2D eigenvalue weighted by Gasteiger charge is 2.26. The highest BCUT2D eigenvalue weighted by Crippen LogP contribution is 2.49. The van der Waals surface area contributed by atoms with E-state index in [-0.39, 0.29) is 54.9 Å². The minimum atomic E-state index is -5.12. The number of nitrogens with two attached hydrogens (primary N) is 1. The van der Waals surface area contributed by atoms with Gasteiger partial charge in [-0.05, 0) is 60.0 Å². The molecule has 0 aliphatic rings. The smallest absolute Gasteiger partial charge is 0.296 e. The molecule has 4 aromatic rings. The van der Waals surface area contributed by atoms with Crippen LogP contribution in [0.2, 0.25) is 0 Å². The summed E-state index contributed by atoms with van der Waals surface area (Å²) in [6.07, 6.45) is 6.80. The van der Waals surface area contributed by atoms with Crippen molar-refractivity contribution in [3.63, 3.8) is 0 Å². The van der Waals surface area contributed by atoms with Gasteiger partial charge in [-0.2, -0.15) is 13.5 Å². The van der Waals surface area contributed by atoms with Gasteiger partial charge in [0.25, 0.3) is 10.1 Å².